The number of aromatic nitrogens is 1. The molecular weight excluding hydrogens is 222 g/mol. The molecule has 0 atom stereocenters. The maximum Gasteiger partial charge on any atom is 0.131 e. The molecule has 0 fully saturated rings. The van der Waals surface area contributed by atoms with Crippen LogP contribution >= 0.6 is 0 Å². The number of anilines is 1. The molecule has 0 unspecified atom stereocenters. The van der Waals surface area contributed by atoms with Crippen molar-refractivity contribution in [3.8, 4) is 0 Å². The van der Waals surface area contributed by atoms with Gasteiger partial charge < -0.3 is 10.6 Å². The van der Waals surface area contributed by atoms with E-state index in [1.807, 2.05) is 18.3 Å². The Morgan fingerprint density at radius 2 is 1.89 bits per heavy atom. The van der Waals surface area contributed by atoms with Gasteiger partial charge in [-0.2, -0.15) is 0 Å². The number of nitrogens with two attached hydrogens (primary N) is 1. The summed E-state index contributed by atoms with van der Waals surface area (Å²) in [6.07, 6.45) is 2.69. The Hall–Kier alpha value is -1.87. The zero-order valence-corrected chi connectivity index (χ0v) is 10.7. The summed E-state index contributed by atoms with van der Waals surface area (Å²) in [6.45, 7) is 1.51. The van der Waals surface area contributed by atoms with Crippen LogP contribution in [-0.2, 0) is 13.0 Å². The van der Waals surface area contributed by atoms with E-state index in [2.05, 4.69) is 47.3 Å². The molecule has 2 aromatic rings. The van der Waals surface area contributed by atoms with E-state index >= 15 is 0 Å². The first-order valence-corrected chi connectivity index (χ1v) is 6.20. The minimum atomic E-state index is 0.651. The molecule has 1 aromatic heterocycles. The van der Waals surface area contributed by atoms with Crippen LogP contribution in [0.3, 0.4) is 0 Å². The van der Waals surface area contributed by atoms with Crippen molar-refractivity contribution in [1.29, 1.82) is 0 Å². The van der Waals surface area contributed by atoms with E-state index in [-0.39, 0.29) is 0 Å². The van der Waals surface area contributed by atoms with Crippen molar-refractivity contribution in [2.24, 2.45) is 5.73 Å². The number of hydrogen-bond donors (Lipinski definition) is 1. The van der Waals surface area contributed by atoms with Gasteiger partial charge in [-0.25, -0.2) is 4.98 Å². The van der Waals surface area contributed by atoms with Crippen LogP contribution in [0.2, 0.25) is 0 Å². The maximum atomic E-state index is 5.64. The van der Waals surface area contributed by atoms with E-state index in [9.17, 15) is 0 Å². The van der Waals surface area contributed by atoms with Gasteiger partial charge in [0.2, 0.25) is 0 Å². The van der Waals surface area contributed by atoms with Crippen molar-refractivity contribution in [3.63, 3.8) is 0 Å². The van der Waals surface area contributed by atoms with E-state index in [1.165, 1.54) is 11.1 Å². The Kier molecular flexibility index (Phi) is 4.31. The highest BCUT2D eigenvalue weighted by Crippen LogP contribution is 2.18. The third-order valence-corrected chi connectivity index (χ3v) is 2.91. The van der Waals surface area contributed by atoms with E-state index in [0.717, 1.165) is 18.8 Å². The fourth-order valence-electron chi connectivity index (χ4n) is 2.06. The van der Waals surface area contributed by atoms with Gasteiger partial charge >= 0.3 is 0 Å². The third kappa shape index (κ3) is 3.08. The van der Waals surface area contributed by atoms with Gasteiger partial charge in [-0.3, -0.25) is 0 Å². The molecule has 2 rings (SSSR count). The highest BCUT2D eigenvalue weighted by molar-refractivity contribution is 5.46. The largest absolute Gasteiger partial charge is 0.355 e. The highest BCUT2D eigenvalue weighted by atomic mass is 15.2. The first-order chi connectivity index (χ1) is 8.81. The lowest BCUT2D eigenvalue weighted by molar-refractivity contribution is 0.867. The van der Waals surface area contributed by atoms with Gasteiger partial charge in [0.05, 0.1) is 0 Å². The van der Waals surface area contributed by atoms with E-state index in [1.54, 1.807) is 0 Å². The summed E-state index contributed by atoms with van der Waals surface area (Å²) < 4.78 is 0. The first-order valence-electron chi connectivity index (χ1n) is 6.20. The highest BCUT2D eigenvalue weighted by Gasteiger charge is 2.08. The van der Waals surface area contributed by atoms with Crippen molar-refractivity contribution in [1.82, 2.24) is 4.98 Å². The van der Waals surface area contributed by atoms with Crippen molar-refractivity contribution in [2.45, 2.75) is 13.0 Å². The van der Waals surface area contributed by atoms with Crippen LogP contribution in [-0.4, -0.2) is 18.6 Å². The molecule has 1 heterocycles. The molecule has 3 nitrogen and oxygen atoms in total. The molecule has 0 radical (unpaired) electrons. The van der Waals surface area contributed by atoms with E-state index < -0.39 is 0 Å². The number of nitrogens with zero attached hydrogens (tertiary/aromatic N) is 2. The molecule has 0 spiro atoms. The van der Waals surface area contributed by atoms with Crippen LogP contribution < -0.4 is 10.6 Å². The van der Waals surface area contributed by atoms with E-state index in [0.29, 0.717) is 6.54 Å². The molecule has 0 aliphatic heterocycles. The monoisotopic (exact) mass is 241 g/mol. The number of rotatable bonds is 5. The molecule has 18 heavy (non-hydrogen) atoms. The third-order valence-electron chi connectivity index (χ3n) is 2.91. The smallest absolute Gasteiger partial charge is 0.131 e. The lowest BCUT2D eigenvalue weighted by Crippen LogP contribution is -2.20. The van der Waals surface area contributed by atoms with Gasteiger partial charge in [0.25, 0.3) is 0 Å². The Morgan fingerprint density at radius 3 is 2.61 bits per heavy atom. The summed E-state index contributed by atoms with van der Waals surface area (Å²) in [5.41, 5.74) is 8.12. The van der Waals surface area contributed by atoms with Crippen molar-refractivity contribution in [3.05, 3.63) is 59.8 Å². The number of pyridine rings is 1. The minimum absolute atomic E-state index is 0.651. The molecule has 0 aliphatic carbocycles. The molecular formula is C15H19N3. The minimum Gasteiger partial charge on any atom is -0.355 e. The molecule has 0 aliphatic rings. The van der Waals surface area contributed by atoms with Gasteiger partial charge in [-0.1, -0.05) is 36.4 Å². The van der Waals surface area contributed by atoms with Gasteiger partial charge in [0, 0.05) is 19.8 Å². The first kappa shape index (κ1) is 12.6. The quantitative estimate of drug-likeness (QED) is 0.872. The topological polar surface area (TPSA) is 42.2 Å². The fourth-order valence-corrected chi connectivity index (χ4v) is 2.06. The lowest BCUT2D eigenvalue weighted by Gasteiger charge is -2.21. The second-order valence-electron chi connectivity index (χ2n) is 4.37. The summed E-state index contributed by atoms with van der Waals surface area (Å²) in [5.74, 6) is 1.02. The molecule has 0 bridgehead atoms. The second kappa shape index (κ2) is 6.17. The summed E-state index contributed by atoms with van der Waals surface area (Å²) >= 11 is 0. The zero-order valence-electron chi connectivity index (χ0n) is 10.7. The van der Waals surface area contributed by atoms with Gasteiger partial charge in [-0.15, -0.1) is 0 Å². The van der Waals surface area contributed by atoms with Crippen LogP contribution in [0, 0.1) is 0 Å². The van der Waals surface area contributed by atoms with Crippen molar-refractivity contribution >= 4 is 5.82 Å². The number of benzene rings is 1. The van der Waals surface area contributed by atoms with Crippen LogP contribution in [0.1, 0.15) is 11.1 Å². The summed E-state index contributed by atoms with van der Waals surface area (Å²) in [6, 6.07) is 14.5. The van der Waals surface area contributed by atoms with Crippen LogP contribution in [0.4, 0.5) is 5.82 Å². The average Bonchev–Trinajstić information content (AvgIpc) is 2.41. The van der Waals surface area contributed by atoms with Gasteiger partial charge in [-0.05, 0) is 30.2 Å². The Morgan fingerprint density at radius 1 is 1.11 bits per heavy atom. The SMILES string of the molecule is CN(Cc1ccccc1)c1ncccc1CCN. The summed E-state index contributed by atoms with van der Waals surface area (Å²) in [4.78, 5) is 6.63. The molecule has 3 heteroatoms. The maximum absolute atomic E-state index is 5.64. The second-order valence-corrected chi connectivity index (χ2v) is 4.37. The summed E-state index contributed by atoms with van der Waals surface area (Å²) in [7, 11) is 2.06. The molecule has 1 aromatic carbocycles. The molecule has 0 saturated carbocycles. The Labute approximate surface area is 108 Å². The Bertz CT molecular complexity index is 482. The standard InChI is InChI=1S/C15H19N3/c1-18(12-13-6-3-2-4-7-13)15-14(9-10-16)8-5-11-17-15/h2-8,11H,9-10,12,16H2,1H3. The Balaban J connectivity index is 2.16. The predicted molar refractivity (Wildman–Crippen MR) is 75.5 cm³/mol. The van der Waals surface area contributed by atoms with E-state index in [4.69, 9.17) is 5.73 Å². The number of hydrogen-bond acceptors (Lipinski definition) is 3. The predicted octanol–water partition coefficient (Wildman–Crippen LogP) is 2.22. The molecule has 0 saturated heterocycles. The van der Waals surface area contributed by atoms with Crippen molar-refractivity contribution in [2.75, 3.05) is 18.5 Å². The fraction of sp³-hybridized carbons (Fsp3) is 0.267. The van der Waals surface area contributed by atoms with Gasteiger partial charge in [0.1, 0.15) is 5.82 Å². The van der Waals surface area contributed by atoms with Crippen LogP contribution in [0.15, 0.2) is 48.7 Å². The normalized spacial score (nSPS) is 10.3. The van der Waals surface area contributed by atoms with Gasteiger partial charge in [0.15, 0.2) is 0 Å². The average molecular weight is 241 g/mol. The zero-order chi connectivity index (χ0) is 12.8. The molecule has 2 N–H and O–H groups in total. The lowest BCUT2D eigenvalue weighted by atomic mass is 10.1. The van der Waals surface area contributed by atoms with Crippen LogP contribution in [0.5, 0.6) is 0 Å². The van der Waals surface area contributed by atoms with Crippen LogP contribution in [0.25, 0.3) is 0 Å². The molecule has 94 valence electrons. The molecule has 0 amide bonds. The summed E-state index contributed by atoms with van der Waals surface area (Å²) in [5, 5.41) is 0. The van der Waals surface area contributed by atoms with Crippen molar-refractivity contribution < 1.29 is 0 Å².